The van der Waals surface area contributed by atoms with Crippen LogP contribution in [0.2, 0.25) is 0 Å². The Labute approximate surface area is 92.3 Å². The molecule has 0 bridgehead atoms. The van der Waals surface area contributed by atoms with Gasteiger partial charge in [-0.15, -0.1) is 0 Å². The van der Waals surface area contributed by atoms with E-state index in [1.165, 1.54) is 28.0 Å². The Hall–Kier alpha value is -1.91. The lowest BCUT2D eigenvalue weighted by atomic mass is 10.2. The average Bonchev–Trinajstić information content (AvgIpc) is 2.26. The van der Waals surface area contributed by atoms with Gasteiger partial charge in [-0.2, -0.15) is 0 Å². The van der Waals surface area contributed by atoms with Crippen molar-refractivity contribution in [1.82, 2.24) is 4.90 Å². The molecule has 1 aliphatic rings. The standard InChI is InChI=1S/C11H11FN2O2/c1-13-5-6-14(11(16)10(13)15)9-4-2-3-8(12)7-9/h2-4,7H,5-6H2,1H3. The van der Waals surface area contributed by atoms with Gasteiger partial charge in [-0.3, -0.25) is 9.59 Å². The maximum absolute atomic E-state index is 13.0. The monoisotopic (exact) mass is 222 g/mol. The van der Waals surface area contributed by atoms with Crippen LogP contribution >= 0.6 is 0 Å². The lowest BCUT2D eigenvalue weighted by molar-refractivity contribution is -0.145. The number of anilines is 1. The molecule has 2 rings (SSSR count). The third-order valence-corrected chi connectivity index (χ3v) is 2.55. The van der Waals surface area contributed by atoms with Crippen molar-refractivity contribution in [2.24, 2.45) is 0 Å². The lowest BCUT2D eigenvalue weighted by Gasteiger charge is -2.31. The van der Waals surface area contributed by atoms with E-state index in [1.807, 2.05) is 0 Å². The largest absolute Gasteiger partial charge is 0.336 e. The summed E-state index contributed by atoms with van der Waals surface area (Å²) in [7, 11) is 1.57. The summed E-state index contributed by atoms with van der Waals surface area (Å²) in [6, 6.07) is 5.67. The van der Waals surface area contributed by atoms with E-state index in [-0.39, 0.29) is 0 Å². The molecule has 0 aliphatic carbocycles. The number of benzene rings is 1. The van der Waals surface area contributed by atoms with Crippen molar-refractivity contribution in [3.63, 3.8) is 0 Å². The van der Waals surface area contributed by atoms with Gasteiger partial charge in [0.15, 0.2) is 0 Å². The van der Waals surface area contributed by atoms with Gasteiger partial charge in [-0.05, 0) is 18.2 Å². The van der Waals surface area contributed by atoms with E-state index in [9.17, 15) is 14.0 Å². The maximum atomic E-state index is 13.0. The minimum Gasteiger partial charge on any atom is -0.336 e. The highest BCUT2D eigenvalue weighted by molar-refractivity contribution is 6.40. The van der Waals surface area contributed by atoms with Crippen LogP contribution in [0.4, 0.5) is 10.1 Å². The highest BCUT2D eigenvalue weighted by Crippen LogP contribution is 2.18. The minimum atomic E-state index is -0.612. The molecule has 0 aromatic heterocycles. The number of rotatable bonds is 1. The van der Waals surface area contributed by atoms with E-state index in [0.29, 0.717) is 18.8 Å². The molecule has 2 amide bonds. The molecule has 0 unspecified atom stereocenters. The predicted molar refractivity (Wildman–Crippen MR) is 56.4 cm³/mol. The number of carbonyl (C=O) groups excluding carboxylic acids is 2. The van der Waals surface area contributed by atoms with Crippen LogP contribution in [-0.4, -0.2) is 36.9 Å². The summed E-state index contributed by atoms with van der Waals surface area (Å²) in [5, 5.41) is 0. The molecule has 16 heavy (non-hydrogen) atoms. The lowest BCUT2D eigenvalue weighted by Crippen LogP contribution is -2.53. The molecule has 1 heterocycles. The highest BCUT2D eigenvalue weighted by Gasteiger charge is 2.31. The number of piperazine rings is 1. The summed E-state index contributed by atoms with van der Waals surface area (Å²) in [5.41, 5.74) is 0.423. The van der Waals surface area contributed by atoms with Gasteiger partial charge in [0.05, 0.1) is 0 Å². The zero-order chi connectivity index (χ0) is 11.7. The Morgan fingerprint density at radius 1 is 1.19 bits per heavy atom. The van der Waals surface area contributed by atoms with E-state index in [1.54, 1.807) is 13.1 Å². The molecule has 1 aromatic carbocycles. The van der Waals surface area contributed by atoms with Crippen molar-refractivity contribution in [2.45, 2.75) is 0 Å². The summed E-state index contributed by atoms with van der Waals surface area (Å²) in [6.45, 7) is 0.853. The smallest absolute Gasteiger partial charge is 0.316 e. The Morgan fingerprint density at radius 2 is 1.94 bits per heavy atom. The number of carbonyl (C=O) groups is 2. The summed E-state index contributed by atoms with van der Waals surface area (Å²) in [5.74, 6) is -1.59. The highest BCUT2D eigenvalue weighted by atomic mass is 19.1. The van der Waals surface area contributed by atoms with Gasteiger partial charge in [0.25, 0.3) is 0 Å². The number of nitrogens with zero attached hydrogens (tertiary/aromatic N) is 2. The summed E-state index contributed by atoms with van der Waals surface area (Å²) < 4.78 is 13.0. The first-order valence-corrected chi connectivity index (χ1v) is 4.92. The number of hydrogen-bond donors (Lipinski definition) is 0. The second-order valence-electron chi connectivity index (χ2n) is 3.66. The second kappa shape index (κ2) is 3.92. The molecular weight excluding hydrogens is 211 g/mol. The summed E-state index contributed by atoms with van der Waals surface area (Å²) in [6.07, 6.45) is 0. The van der Waals surface area contributed by atoms with Gasteiger partial charge in [-0.25, -0.2) is 4.39 Å². The molecule has 1 saturated heterocycles. The van der Waals surface area contributed by atoms with Gasteiger partial charge < -0.3 is 9.80 Å². The van der Waals surface area contributed by atoms with Crippen molar-refractivity contribution >= 4 is 17.5 Å². The number of hydrogen-bond acceptors (Lipinski definition) is 2. The first-order chi connectivity index (χ1) is 7.59. The molecule has 4 nitrogen and oxygen atoms in total. The molecule has 0 atom stereocenters. The fourth-order valence-electron chi connectivity index (χ4n) is 1.62. The Kier molecular flexibility index (Phi) is 2.60. The number of likely N-dealkylation sites (N-methyl/N-ethyl adjacent to an activating group) is 1. The van der Waals surface area contributed by atoms with Crippen LogP contribution in [0.1, 0.15) is 0 Å². The van der Waals surface area contributed by atoms with E-state index < -0.39 is 17.6 Å². The van der Waals surface area contributed by atoms with E-state index in [0.717, 1.165) is 0 Å². The zero-order valence-electron chi connectivity index (χ0n) is 8.81. The quantitative estimate of drug-likeness (QED) is 0.654. The number of amides is 2. The van der Waals surface area contributed by atoms with Gasteiger partial charge in [0.2, 0.25) is 0 Å². The maximum Gasteiger partial charge on any atom is 0.316 e. The first kappa shape index (κ1) is 10.6. The van der Waals surface area contributed by atoms with Crippen LogP contribution in [0.3, 0.4) is 0 Å². The van der Waals surface area contributed by atoms with Gasteiger partial charge in [-0.1, -0.05) is 6.07 Å². The van der Waals surface area contributed by atoms with Crippen molar-refractivity contribution < 1.29 is 14.0 Å². The normalized spacial score (nSPS) is 16.9. The minimum absolute atomic E-state index is 0.393. The zero-order valence-corrected chi connectivity index (χ0v) is 8.81. The fourth-order valence-corrected chi connectivity index (χ4v) is 1.62. The van der Waals surface area contributed by atoms with Crippen molar-refractivity contribution in [1.29, 1.82) is 0 Å². The van der Waals surface area contributed by atoms with Crippen LogP contribution < -0.4 is 4.90 Å². The van der Waals surface area contributed by atoms with E-state index in [4.69, 9.17) is 0 Å². The van der Waals surface area contributed by atoms with Gasteiger partial charge >= 0.3 is 11.8 Å². The SMILES string of the molecule is CN1CCN(c2cccc(F)c2)C(=O)C1=O. The van der Waals surface area contributed by atoms with Gasteiger partial charge in [0, 0.05) is 25.8 Å². The molecular formula is C11H11FN2O2. The van der Waals surface area contributed by atoms with Crippen molar-refractivity contribution in [3.05, 3.63) is 30.1 Å². The fraction of sp³-hybridized carbons (Fsp3) is 0.273. The Bertz CT molecular complexity index is 447. The molecule has 0 radical (unpaired) electrons. The van der Waals surface area contributed by atoms with Crippen LogP contribution in [-0.2, 0) is 9.59 Å². The van der Waals surface area contributed by atoms with Crippen LogP contribution in [0.5, 0.6) is 0 Å². The van der Waals surface area contributed by atoms with Crippen LogP contribution in [0.25, 0.3) is 0 Å². The molecule has 0 spiro atoms. The third-order valence-electron chi connectivity index (χ3n) is 2.55. The van der Waals surface area contributed by atoms with Gasteiger partial charge in [0.1, 0.15) is 5.82 Å². The molecule has 1 fully saturated rings. The molecule has 84 valence electrons. The molecule has 1 aliphatic heterocycles. The molecule has 0 N–H and O–H groups in total. The Morgan fingerprint density at radius 3 is 2.62 bits per heavy atom. The molecule has 5 heteroatoms. The van der Waals surface area contributed by atoms with E-state index >= 15 is 0 Å². The van der Waals surface area contributed by atoms with Crippen molar-refractivity contribution in [3.8, 4) is 0 Å². The average molecular weight is 222 g/mol. The van der Waals surface area contributed by atoms with Crippen LogP contribution in [0, 0.1) is 5.82 Å². The molecule has 1 aromatic rings. The summed E-state index contributed by atoms with van der Waals surface area (Å²) in [4.78, 5) is 25.8. The second-order valence-corrected chi connectivity index (χ2v) is 3.66. The van der Waals surface area contributed by atoms with Crippen LogP contribution in [0.15, 0.2) is 24.3 Å². The summed E-state index contributed by atoms with van der Waals surface area (Å²) >= 11 is 0. The first-order valence-electron chi connectivity index (χ1n) is 4.92. The predicted octanol–water partition coefficient (Wildman–Crippen LogP) is 0.631. The number of halogens is 1. The van der Waals surface area contributed by atoms with Crippen molar-refractivity contribution in [2.75, 3.05) is 25.0 Å². The molecule has 0 saturated carbocycles. The van der Waals surface area contributed by atoms with E-state index in [2.05, 4.69) is 0 Å². The third kappa shape index (κ3) is 1.76. The topological polar surface area (TPSA) is 40.6 Å². The Balaban J connectivity index is 2.29.